The first-order valence-corrected chi connectivity index (χ1v) is 7.30. The molecule has 2 nitrogen and oxygen atoms in total. The number of nitrogens with zero attached hydrogens (tertiary/aromatic N) is 2. The van der Waals surface area contributed by atoms with Crippen LogP contribution in [-0.4, -0.2) is 4.37 Å². The van der Waals surface area contributed by atoms with Crippen LogP contribution in [0.5, 0.6) is 0 Å². The molecule has 2 rings (SSSR count). The number of halogens is 1. The number of hydrogen-bond acceptors (Lipinski definition) is 4. The maximum Gasteiger partial charge on any atom is 0.179 e. The van der Waals surface area contributed by atoms with Gasteiger partial charge < -0.3 is 0 Å². The Balaban J connectivity index is 2.56. The first-order valence-electron chi connectivity index (χ1n) is 4.82. The number of benzene rings is 1. The molecule has 1 aromatic heterocycles. The van der Waals surface area contributed by atoms with Crippen LogP contribution in [0.15, 0.2) is 17.1 Å². The van der Waals surface area contributed by atoms with Gasteiger partial charge in [0.1, 0.15) is 0 Å². The predicted molar refractivity (Wildman–Crippen MR) is 70.9 cm³/mol. The van der Waals surface area contributed by atoms with Gasteiger partial charge in [0.05, 0.1) is 5.69 Å². The third-order valence-corrected chi connectivity index (χ3v) is 4.72. The van der Waals surface area contributed by atoms with E-state index in [2.05, 4.69) is 42.3 Å². The number of rotatable bonds is 1. The van der Waals surface area contributed by atoms with Crippen molar-refractivity contribution < 1.29 is 0 Å². The minimum absolute atomic E-state index is 0.492. The minimum atomic E-state index is 0.492. The van der Waals surface area contributed by atoms with E-state index in [1.165, 1.54) is 37.6 Å². The number of aryl methyl sites for hydroxylation is 2. The van der Waals surface area contributed by atoms with Gasteiger partial charge in [0.25, 0.3) is 0 Å². The summed E-state index contributed by atoms with van der Waals surface area (Å²) in [6.45, 7) is 6.31. The summed E-state index contributed by atoms with van der Waals surface area (Å²) < 4.78 is 4.79. The van der Waals surface area contributed by atoms with Gasteiger partial charge in [-0.25, -0.2) is 4.99 Å². The van der Waals surface area contributed by atoms with Crippen LogP contribution in [0.1, 0.15) is 16.7 Å². The summed E-state index contributed by atoms with van der Waals surface area (Å²) >= 11 is 5.92. The summed E-state index contributed by atoms with van der Waals surface area (Å²) in [5.41, 5.74) is 4.77. The summed E-state index contributed by atoms with van der Waals surface area (Å²) in [6, 6.07) is 4.14. The van der Waals surface area contributed by atoms with Crippen LogP contribution in [0.3, 0.4) is 0 Å². The molecule has 84 valence electrons. The summed E-state index contributed by atoms with van der Waals surface area (Å²) in [5, 5.41) is 0.492. The summed E-state index contributed by atoms with van der Waals surface area (Å²) in [7, 11) is 2.86. The topological polar surface area (TPSA) is 25.2 Å². The maximum atomic E-state index is 5.92. The highest BCUT2D eigenvalue weighted by molar-refractivity contribution is 7.66. The molecular weight excluding hydrogens is 260 g/mol. The number of aromatic nitrogens is 1. The molecule has 0 N–H and O–H groups in total. The SMILES string of the molecule is Cc1cc(N=c2ssnc2Cl)cc(C)c1C. The lowest BCUT2D eigenvalue weighted by molar-refractivity contribution is 1.24. The Kier molecular flexibility index (Phi) is 3.42. The fourth-order valence-electron chi connectivity index (χ4n) is 1.42. The van der Waals surface area contributed by atoms with Crippen molar-refractivity contribution in [3.8, 4) is 0 Å². The van der Waals surface area contributed by atoms with Crippen molar-refractivity contribution >= 4 is 38.2 Å². The Labute approximate surface area is 107 Å². The van der Waals surface area contributed by atoms with Crippen LogP contribution < -0.4 is 4.67 Å². The van der Waals surface area contributed by atoms with E-state index in [0.717, 1.165) is 10.4 Å². The second-order valence-electron chi connectivity index (χ2n) is 3.66. The zero-order chi connectivity index (χ0) is 11.7. The lowest BCUT2D eigenvalue weighted by Crippen LogP contribution is -1.93. The van der Waals surface area contributed by atoms with Crippen LogP contribution >= 0.6 is 32.5 Å². The van der Waals surface area contributed by atoms with E-state index in [-0.39, 0.29) is 0 Å². The number of hydrogen-bond donors (Lipinski definition) is 0. The molecule has 0 aliphatic heterocycles. The van der Waals surface area contributed by atoms with Crippen LogP contribution in [-0.2, 0) is 0 Å². The molecule has 5 heteroatoms. The molecule has 0 amide bonds. The molecule has 1 heterocycles. The van der Waals surface area contributed by atoms with Crippen molar-refractivity contribution in [2.24, 2.45) is 4.99 Å². The van der Waals surface area contributed by atoms with Crippen molar-refractivity contribution in [1.29, 1.82) is 0 Å². The normalized spacial score (nSPS) is 12.1. The van der Waals surface area contributed by atoms with E-state index in [9.17, 15) is 0 Å². The second kappa shape index (κ2) is 4.65. The summed E-state index contributed by atoms with van der Waals surface area (Å²) in [4.78, 5) is 4.50. The Morgan fingerprint density at radius 1 is 1.19 bits per heavy atom. The van der Waals surface area contributed by atoms with E-state index >= 15 is 0 Å². The molecular formula is C11H11ClN2S2. The molecule has 0 aliphatic carbocycles. The fraction of sp³-hybridized carbons (Fsp3) is 0.273. The fourth-order valence-corrected chi connectivity index (χ4v) is 3.41. The average Bonchev–Trinajstić information content (AvgIpc) is 2.61. The van der Waals surface area contributed by atoms with E-state index in [1.54, 1.807) is 0 Å². The Morgan fingerprint density at radius 2 is 1.81 bits per heavy atom. The molecule has 0 spiro atoms. The minimum Gasteiger partial charge on any atom is -0.234 e. The van der Waals surface area contributed by atoms with Crippen LogP contribution in [0.25, 0.3) is 0 Å². The van der Waals surface area contributed by atoms with Gasteiger partial charge in [-0.05, 0) is 59.9 Å². The standard InChI is InChI=1S/C11H11ClN2S2/c1-6-4-9(5-7(2)8(6)3)13-11-10(12)14-16-15-11/h4-5H,1-3H3. The molecule has 0 bridgehead atoms. The van der Waals surface area contributed by atoms with Crippen molar-refractivity contribution in [3.63, 3.8) is 0 Å². The van der Waals surface area contributed by atoms with Gasteiger partial charge in [-0.3, -0.25) is 0 Å². The molecule has 1 aromatic carbocycles. The molecule has 0 aliphatic rings. The van der Waals surface area contributed by atoms with Crippen LogP contribution in [0.4, 0.5) is 5.69 Å². The first kappa shape index (κ1) is 11.8. The summed E-state index contributed by atoms with van der Waals surface area (Å²) in [5.74, 6) is 0. The molecule has 0 saturated carbocycles. The van der Waals surface area contributed by atoms with Crippen LogP contribution in [0, 0.1) is 20.8 Å². The van der Waals surface area contributed by atoms with E-state index in [1.807, 2.05) is 0 Å². The zero-order valence-corrected chi connectivity index (χ0v) is 11.6. The highest BCUT2D eigenvalue weighted by Gasteiger charge is 2.01. The average molecular weight is 271 g/mol. The third kappa shape index (κ3) is 2.34. The molecule has 0 atom stereocenters. The molecule has 16 heavy (non-hydrogen) atoms. The summed E-state index contributed by atoms with van der Waals surface area (Å²) in [6.07, 6.45) is 0. The Hall–Kier alpha value is -0.710. The molecule has 0 fully saturated rings. The van der Waals surface area contributed by atoms with Gasteiger partial charge in [0, 0.05) is 10.5 Å². The zero-order valence-electron chi connectivity index (χ0n) is 9.24. The van der Waals surface area contributed by atoms with Gasteiger partial charge >= 0.3 is 0 Å². The van der Waals surface area contributed by atoms with Crippen molar-refractivity contribution in [1.82, 2.24) is 4.37 Å². The molecule has 2 aromatic rings. The van der Waals surface area contributed by atoms with E-state index in [4.69, 9.17) is 11.6 Å². The van der Waals surface area contributed by atoms with Gasteiger partial charge in [-0.2, -0.15) is 4.37 Å². The van der Waals surface area contributed by atoms with E-state index in [0.29, 0.717) is 5.15 Å². The monoisotopic (exact) mass is 270 g/mol. The Bertz CT molecular complexity index is 561. The first-order chi connectivity index (χ1) is 7.58. The van der Waals surface area contributed by atoms with Crippen molar-refractivity contribution in [2.75, 3.05) is 0 Å². The third-order valence-electron chi connectivity index (χ3n) is 2.55. The largest absolute Gasteiger partial charge is 0.234 e. The quantitative estimate of drug-likeness (QED) is 0.719. The van der Waals surface area contributed by atoms with Crippen molar-refractivity contribution in [3.05, 3.63) is 38.6 Å². The van der Waals surface area contributed by atoms with Crippen molar-refractivity contribution in [2.45, 2.75) is 20.8 Å². The lowest BCUT2D eigenvalue weighted by Gasteiger charge is -2.05. The highest BCUT2D eigenvalue weighted by atomic mass is 35.5. The smallest absolute Gasteiger partial charge is 0.179 e. The Morgan fingerprint density at radius 3 is 2.31 bits per heavy atom. The highest BCUT2D eigenvalue weighted by Crippen LogP contribution is 2.21. The van der Waals surface area contributed by atoms with Gasteiger partial charge in [0.15, 0.2) is 9.82 Å². The molecule has 0 unspecified atom stereocenters. The van der Waals surface area contributed by atoms with Gasteiger partial charge in [0.2, 0.25) is 0 Å². The van der Waals surface area contributed by atoms with E-state index < -0.39 is 0 Å². The van der Waals surface area contributed by atoms with Crippen LogP contribution in [0.2, 0.25) is 5.15 Å². The predicted octanol–water partition coefficient (Wildman–Crippen LogP) is 4.02. The molecule has 0 radical (unpaired) electrons. The van der Waals surface area contributed by atoms with Gasteiger partial charge in [-0.15, -0.1) is 0 Å². The maximum absolute atomic E-state index is 5.92. The molecule has 0 saturated heterocycles. The van der Waals surface area contributed by atoms with Gasteiger partial charge in [-0.1, -0.05) is 11.6 Å². The second-order valence-corrected chi connectivity index (χ2v) is 5.85. The lowest BCUT2D eigenvalue weighted by atomic mass is 10.0.